The van der Waals surface area contributed by atoms with Crippen LogP contribution in [0.25, 0.3) is 11.0 Å². The van der Waals surface area contributed by atoms with Crippen LogP contribution in [0.15, 0.2) is 46.6 Å². The molecule has 12 heteroatoms. The molecule has 2 saturated heterocycles. The molecule has 11 nitrogen and oxygen atoms in total. The Bertz CT molecular complexity index is 1280. The minimum absolute atomic E-state index is 0.0462. The number of hydrogen-bond acceptors (Lipinski definition) is 9. The highest BCUT2D eigenvalue weighted by molar-refractivity contribution is 6.43. The van der Waals surface area contributed by atoms with Crippen molar-refractivity contribution in [2.45, 2.75) is 57.1 Å². The molecule has 1 unspecified atom stereocenters. The molecule has 40 heavy (non-hydrogen) atoms. The first-order chi connectivity index (χ1) is 19.0. The van der Waals surface area contributed by atoms with Gasteiger partial charge in [0.05, 0.1) is 31.0 Å². The smallest absolute Gasteiger partial charge is 0.464 e. The van der Waals surface area contributed by atoms with E-state index in [4.69, 9.17) is 13.9 Å². The number of carbonyl (C=O) groups excluding carboxylic acids is 2. The number of nitrogens with zero attached hydrogens (tertiary/aromatic N) is 3. The fourth-order valence-electron chi connectivity index (χ4n) is 5.46. The van der Waals surface area contributed by atoms with E-state index in [1.807, 2.05) is 39.0 Å². The molecule has 2 fully saturated rings. The van der Waals surface area contributed by atoms with Crippen LogP contribution in [0.3, 0.4) is 0 Å². The quantitative estimate of drug-likeness (QED) is 0.241. The van der Waals surface area contributed by atoms with Gasteiger partial charge in [-0.25, -0.2) is 4.79 Å². The molecule has 3 N–H and O–H groups in total. The number of carbonyl (C=O) groups is 2. The summed E-state index contributed by atoms with van der Waals surface area (Å²) in [5.74, 6) is -1.44. The van der Waals surface area contributed by atoms with E-state index in [-0.39, 0.29) is 18.6 Å². The molecule has 0 spiro atoms. The average Bonchev–Trinajstić information content (AvgIpc) is 3.54. The minimum Gasteiger partial charge on any atom is -0.464 e. The van der Waals surface area contributed by atoms with E-state index >= 15 is 0 Å². The third kappa shape index (κ3) is 6.67. The molecular weight excluding hydrogens is 515 g/mol. The summed E-state index contributed by atoms with van der Waals surface area (Å²) in [5.41, 5.74) is 0.0810. The lowest BCUT2D eigenvalue weighted by Gasteiger charge is -2.39. The molecule has 0 bridgehead atoms. The lowest BCUT2D eigenvalue weighted by molar-refractivity contribution is -0.131. The number of furan rings is 1. The van der Waals surface area contributed by atoms with E-state index in [0.29, 0.717) is 56.8 Å². The normalized spacial score (nSPS) is 21.2. The lowest BCUT2D eigenvalue weighted by atomic mass is 9.76. The van der Waals surface area contributed by atoms with Gasteiger partial charge in [0.15, 0.2) is 0 Å². The Hall–Kier alpha value is -3.37. The number of nitrogens with one attached hydrogen (secondary N) is 1. The number of nitriles is 1. The van der Waals surface area contributed by atoms with Crippen molar-refractivity contribution in [1.29, 1.82) is 5.26 Å². The molecule has 0 radical (unpaired) electrons. The zero-order valence-corrected chi connectivity index (χ0v) is 23.3. The number of likely N-dealkylation sites (tertiary alicyclic amines) is 1. The Morgan fingerprint density at radius 2 is 2.00 bits per heavy atom. The Morgan fingerprint density at radius 3 is 2.70 bits per heavy atom. The minimum atomic E-state index is -1.83. The van der Waals surface area contributed by atoms with E-state index in [9.17, 15) is 24.9 Å². The first-order valence-corrected chi connectivity index (χ1v) is 13.6. The molecule has 0 aliphatic carbocycles. The summed E-state index contributed by atoms with van der Waals surface area (Å²) in [5, 5.41) is 33.0. The van der Waals surface area contributed by atoms with Crippen LogP contribution in [0.2, 0.25) is 0 Å². The summed E-state index contributed by atoms with van der Waals surface area (Å²) in [7, 11) is -1.83. The van der Waals surface area contributed by atoms with E-state index in [2.05, 4.69) is 16.3 Å². The summed E-state index contributed by atoms with van der Waals surface area (Å²) < 4.78 is 16.4. The number of alkyl carbamates (subject to hydrolysis) is 1. The van der Waals surface area contributed by atoms with Gasteiger partial charge in [0.2, 0.25) is 0 Å². The van der Waals surface area contributed by atoms with Crippen molar-refractivity contribution in [2.24, 2.45) is 0 Å². The van der Waals surface area contributed by atoms with Crippen molar-refractivity contribution in [2.75, 3.05) is 39.5 Å². The van der Waals surface area contributed by atoms with Gasteiger partial charge >= 0.3 is 13.2 Å². The van der Waals surface area contributed by atoms with Gasteiger partial charge in [0.1, 0.15) is 23.8 Å². The maximum atomic E-state index is 13.5. The SMILES string of the molecule is CC(C)(C=C(C#N)C(=O)N1CCC[C@]1(C)COC(=O)NC(Cc1coc2ccccc12)B(O)O)N1CCOCC1. The number of morpholine rings is 1. The maximum Gasteiger partial charge on any atom is 0.475 e. The summed E-state index contributed by atoms with van der Waals surface area (Å²) in [6.07, 6.45) is 3.79. The Kier molecular flexibility index (Phi) is 9.20. The molecule has 2 aliphatic heterocycles. The predicted octanol–water partition coefficient (Wildman–Crippen LogP) is 2.02. The molecule has 1 aromatic heterocycles. The number of rotatable bonds is 9. The number of fused-ring (bicyclic) bond motifs is 1. The molecule has 4 rings (SSSR count). The van der Waals surface area contributed by atoms with Crippen LogP contribution >= 0.6 is 0 Å². The van der Waals surface area contributed by atoms with Crippen LogP contribution < -0.4 is 5.32 Å². The van der Waals surface area contributed by atoms with Gasteiger partial charge in [-0.2, -0.15) is 5.26 Å². The highest BCUT2D eigenvalue weighted by Gasteiger charge is 2.42. The van der Waals surface area contributed by atoms with Crippen molar-refractivity contribution in [3.8, 4) is 6.07 Å². The van der Waals surface area contributed by atoms with Crippen molar-refractivity contribution >= 4 is 30.1 Å². The van der Waals surface area contributed by atoms with E-state index in [1.54, 1.807) is 17.0 Å². The molecule has 214 valence electrons. The first kappa shape index (κ1) is 29.6. The highest BCUT2D eigenvalue weighted by Crippen LogP contribution is 2.32. The molecule has 2 aliphatic rings. The molecule has 2 amide bonds. The van der Waals surface area contributed by atoms with Gasteiger partial charge in [-0.1, -0.05) is 18.2 Å². The largest absolute Gasteiger partial charge is 0.475 e. The highest BCUT2D eigenvalue weighted by atomic mass is 16.6. The Morgan fingerprint density at radius 1 is 1.27 bits per heavy atom. The molecule has 2 atom stereocenters. The van der Waals surface area contributed by atoms with Crippen LogP contribution in [-0.4, -0.2) is 95.4 Å². The summed E-state index contributed by atoms with van der Waals surface area (Å²) >= 11 is 0. The molecule has 1 aromatic carbocycles. The van der Waals surface area contributed by atoms with Crippen molar-refractivity contribution in [3.63, 3.8) is 0 Å². The zero-order valence-electron chi connectivity index (χ0n) is 23.3. The first-order valence-electron chi connectivity index (χ1n) is 13.6. The fraction of sp³-hybridized carbons (Fsp3) is 0.536. The van der Waals surface area contributed by atoms with Gasteiger partial charge in [0.25, 0.3) is 5.91 Å². The zero-order chi connectivity index (χ0) is 28.9. The van der Waals surface area contributed by atoms with Gasteiger partial charge < -0.3 is 34.2 Å². The second kappa shape index (κ2) is 12.4. The number of para-hydroxylation sites is 1. The maximum absolute atomic E-state index is 13.5. The second-order valence-electron chi connectivity index (χ2n) is 11.2. The Balaban J connectivity index is 1.39. The van der Waals surface area contributed by atoms with Crippen LogP contribution in [0.5, 0.6) is 0 Å². The molecule has 0 saturated carbocycles. The van der Waals surface area contributed by atoms with Gasteiger partial charge in [0, 0.05) is 30.6 Å². The third-order valence-corrected chi connectivity index (χ3v) is 7.85. The molecular formula is C28H37BN4O7. The number of benzene rings is 1. The van der Waals surface area contributed by atoms with Crippen LogP contribution in [-0.2, 0) is 20.7 Å². The number of hydrogen-bond donors (Lipinski definition) is 3. The molecule has 2 aromatic rings. The predicted molar refractivity (Wildman–Crippen MR) is 148 cm³/mol. The monoisotopic (exact) mass is 552 g/mol. The topological polar surface area (TPSA) is 148 Å². The van der Waals surface area contributed by atoms with Gasteiger partial charge in [-0.05, 0) is 57.7 Å². The average molecular weight is 552 g/mol. The second-order valence-corrected chi connectivity index (χ2v) is 11.2. The Labute approximate surface area is 234 Å². The standard InChI is InChI=1S/C28H37BN4O7/c1-27(2,32-11-13-38-14-12-32)16-21(17-30)25(34)33-10-6-9-28(33,3)19-40-26(35)31-24(29(36)37)15-20-18-39-23-8-5-4-7-22(20)23/h4-5,7-8,16,18,24,36-37H,6,9-15,19H2,1-3H3,(H,31,35)/t24?,28-/m1/s1. The van der Waals surface area contributed by atoms with Gasteiger partial charge in [-0.15, -0.1) is 0 Å². The summed E-state index contributed by atoms with van der Waals surface area (Å²) in [6, 6.07) is 9.41. The van der Waals surface area contributed by atoms with Crippen LogP contribution in [0.1, 0.15) is 39.2 Å². The van der Waals surface area contributed by atoms with Crippen LogP contribution in [0, 0.1) is 11.3 Å². The van der Waals surface area contributed by atoms with Crippen molar-refractivity contribution in [3.05, 3.63) is 47.7 Å². The van der Waals surface area contributed by atoms with Crippen molar-refractivity contribution in [1.82, 2.24) is 15.1 Å². The van der Waals surface area contributed by atoms with E-state index < -0.39 is 36.1 Å². The van der Waals surface area contributed by atoms with E-state index in [1.165, 1.54) is 6.26 Å². The van der Waals surface area contributed by atoms with Crippen LogP contribution in [0.4, 0.5) is 4.79 Å². The third-order valence-electron chi connectivity index (χ3n) is 7.85. The lowest BCUT2D eigenvalue weighted by Crippen LogP contribution is -2.52. The fourth-order valence-corrected chi connectivity index (χ4v) is 5.46. The summed E-state index contributed by atoms with van der Waals surface area (Å²) in [4.78, 5) is 30.0. The summed E-state index contributed by atoms with van der Waals surface area (Å²) in [6.45, 7) is 8.70. The van der Waals surface area contributed by atoms with Crippen molar-refractivity contribution < 1.29 is 33.5 Å². The van der Waals surface area contributed by atoms with Gasteiger partial charge in [-0.3, -0.25) is 9.69 Å². The van der Waals surface area contributed by atoms with E-state index in [0.717, 1.165) is 5.39 Å². The number of ether oxygens (including phenoxy) is 2. The molecule has 3 heterocycles. The number of amides is 2.